The summed E-state index contributed by atoms with van der Waals surface area (Å²) in [6.45, 7) is 6.56. The monoisotopic (exact) mass is 532 g/mol. The Hall–Kier alpha value is -2.92. The summed E-state index contributed by atoms with van der Waals surface area (Å²) < 4.78 is 42.4. The molecule has 1 fully saturated rings. The number of rotatable bonds is 12. The van der Waals surface area contributed by atoms with Crippen LogP contribution in [-0.2, 0) is 25.8 Å². The molecule has 0 spiro atoms. The van der Waals surface area contributed by atoms with Gasteiger partial charge in [0.25, 0.3) is 5.91 Å². The van der Waals surface area contributed by atoms with Crippen molar-refractivity contribution in [1.29, 1.82) is 0 Å². The Labute approximate surface area is 218 Å². The first-order chi connectivity index (χ1) is 17.7. The Balaban J connectivity index is 1.87. The third-order valence-electron chi connectivity index (χ3n) is 6.19. The van der Waals surface area contributed by atoms with Gasteiger partial charge in [-0.25, -0.2) is 13.9 Å². The van der Waals surface area contributed by atoms with Crippen LogP contribution in [0.3, 0.4) is 0 Å². The number of ether oxygens (including phenoxy) is 3. The van der Waals surface area contributed by atoms with Crippen molar-refractivity contribution < 1.29 is 32.6 Å². The Morgan fingerprint density at radius 2 is 1.86 bits per heavy atom. The minimum Gasteiger partial charge on any atom is -0.497 e. The highest BCUT2D eigenvalue weighted by atomic mass is 32.2. The van der Waals surface area contributed by atoms with E-state index in [4.69, 9.17) is 14.2 Å². The maximum atomic E-state index is 13.9. The molecular weight excluding hydrogens is 496 g/mol. The lowest BCUT2D eigenvalue weighted by molar-refractivity contribution is -0.130. The molecule has 3 N–H and O–H groups in total. The first-order valence-corrected chi connectivity index (χ1v) is 13.8. The summed E-state index contributed by atoms with van der Waals surface area (Å²) in [7, 11) is -2.82. The first kappa shape index (κ1) is 28.6. The number of morpholine rings is 1. The fourth-order valence-corrected chi connectivity index (χ4v) is 5.87. The molecule has 0 aliphatic carbocycles. The molecule has 0 radical (unpaired) electrons. The molecule has 2 aromatic rings. The average Bonchev–Trinajstić information content (AvgIpc) is 2.92. The lowest BCUT2D eigenvalue weighted by Crippen LogP contribution is -2.52. The van der Waals surface area contributed by atoms with Crippen LogP contribution in [-0.4, -0.2) is 63.8 Å². The van der Waals surface area contributed by atoms with Crippen LogP contribution in [0.2, 0.25) is 0 Å². The molecule has 1 amide bonds. The summed E-state index contributed by atoms with van der Waals surface area (Å²) in [6.07, 6.45) is 3.68. The van der Waals surface area contributed by atoms with Crippen LogP contribution >= 0.6 is 0 Å². The topological polar surface area (TPSA) is 123 Å². The molecule has 202 valence electrons. The lowest BCUT2D eigenvalue weighted by atomic mass is 9.95. The number of hydroxylamine groups is 1. The fourth-order valence-electron chi connectivity index (χ4n) is 4.05. The summed E-state index contributed by atoms with van der Waals surface area (Å²) in [5, 5.41) is 12.9. The van der Waals surface area contributed by atoms with E-state index in [0.717, 1.165) is 19.5 Å². The van der Waals surface area contributed by atoms with Gasteiger partial charge in [0.05, 0.1) is 31.3 Å². The second-order valence-electron chi connectivity index (χ2n) is 9.27. The number of allylic oxidation sites excluding steroid dienone is 1. The van der Waals surface area contributed by atoms with Crippen molar-refractivity contribution in [2.45, 2.75) is 42.4 Å². The molecule has 2 aromatic carbocycles. The van der Waals surface area contributed by atoms with Crippen LogP contribution < -0.4 is 20.3 Å². The first-order valence-electron chi connectivity index (χ1n) is 12.3. The number of carbonyl (C=O) groups is 1. The number of nitrogens with one attached hydrogen (secondary N) is 2. The molecule has 0 aromatic heterocycles. The number of carbonyl (C=O) groups excluding carboxylic acids is 1. The van der Waals surface area contributed by atoms with Gasteiger partial charge >= 0.3 is 0 Å². The predicted molar refractivity (Wildman–Crippen MR) is 140 cm³/mol. The predicted octanol–water partition coefficient (Wildman–Crippen LogP) is 2.93. The quantitative estimate of drug-likeness (QED) is 0.217. The van der Waals surface area contributed by atoms with Crippen LogP contribution in [0.1, 0.15) is 25.8 Å². The van der Waals surface area contributed by atoms with E-state index in [1.807, 2.05) is 13.8 Å². The molecule has 0 bridgehead atoms. The molecule has 2 unspecified atom stereocenters. The van der Waals surface area contributed by atoms with Gasteiger partial charge in [0.1, 0.15) is 11.5 Å². The van der Waals surface area contributed by atoms with E-state index in [2.05, 4.69) is 5.32 Å². The van der Waals surface area contributed by atoms with Crippen molar-refractivity contribution in [1.82, 2.24) is 10.8 Å². The van der Waals surface area contributed by atoms with E-state index in [9.17, 15) is 18.4 Å². The van der Waals surface area contributed by atoms with Crippen LogP contribution in [0.15, 0.2) is 65.6 Å². The van der Waals surface area contributed by atoms with E-state index >= 15 is 0 Å². The minimum atomic E-state index is -4.30. The van der Waals surface area contributed by atoms with Crippen molar-refractivity contribution in [3.63, 3.8) is 0 Å². The van der Waals surface area contributed by atoms with E-state index in [-0.39, 0.29) is 23.3 Å². The molecule has 10 heteroatoms. The Bertz CT molecular complexity index is 1140. The Kier molecular flexibility index (Phi) is 10.1. The summed E-state index contributed by atoms with van der Waals surface area (Å²) in [4.78, 5) is 13.0. The van der Waals surface area contributed by atoms with Gasteiger partial charge in [-0.1, -0.05) is 38.1 Å². The highest BCUT2D eigenvalue weighted by molar-refractivity contribution is 7.93. The summed E-state index contributed by atoms with van der Waals surface area (Å²) in [5.41, 5.74) is 2.17. The third-order valence-corrected chi connectivity index (χ3v) is 8.51. The molecule has 3 rings (SSSR count). The van der Waals surface area contributed by atoms with Crippen LogP contribution in [0.5, 0.6) is 11.5 Å². The van der Waals surface area contributed by atoms with E-state index in [0.29, 0.717) is 30.3 Å². The molecule has 0 saturated carbocycles. The average molecular weight is 533 g/mol. The molecule has 2 atom stereocenters. The second kappa shape index (κ2) is 13.0. The standard InChI is InChI=1S/C27H36N2O7S/c1-20(2)12-14-27(26(30)29-31,37(32,33)25-10-8-22(34-3)9-11-25)18-21-4-6-23(7-5-21)35-16-13-24-19-28-15-17-36-24/h4-12,14,20,24,28,31H,13,15-19H2,1-3H3,(H,29,30). The smallest absolute Gasteiger partial charge is 0.269 e. The number of hydrogen-bond acceptors (Lipinski definition) is 8. The molecular formula is C27H36N2O7S. The minimum absolute atomic E-state index is 0.0314. The highest BCUT2D eigenvalue weighted by Gasteiger charge is 2.49. The van der Waals surface area contributed by atoms with Crippen molar-refractivity contribution in [2.75, 3.05) is 33.4 Å². The zero-order valence-electron chi connectivity index (χ0n) is 21.5. The van der Waals surface area contributed by atoms with Gasteiger partial charge in [0, 0.05) is 25.9 Å². The van der Waals surface area contributed by atoms with Crippen molar-refractivity contribution >= 4 is 15.7 Å². The van der Waals surface area contributed by atoms with Crippen molar-refractivity contribution in [3.05, 3.63) is 66.2 Å². The molecule has 37 heavy (non-hydrogen) atoms. The molecule has 1 saturated heterocycles. The van der Waals surface area contributed by atoms with Crippen LogP contribution in [0.4, 0.5) is 0 Å². The largest absolute Gasteiger partial charge is 0.497 e. The van der Waals surface area contributed by atoms with E-state index in [1.54, 1.807) is 35.8 Å². The van der Waals surface area contributed by atoms with Gasteiger partial charge in [0.2, 0.25) is 0 Å². The zero-order valence-corrected chi connectivity index (χ0v) is 22.3. The molecule has 1 aliphatic rings. The van der Waals surface area contributed by atoms with Crippen LogP contribution in [0, 0.1) is 5.92 Å². The third kappa shape index (κ3) is 7.10. The van der Waals surface area contributed by atoms with Crippen LogP contribution in [0.25, 0.3) is 0 Å². The van der Waals surface area contributed by atoms with Gasteiger partial charge in [-0.2, -0.15) is 0 Å². The van der Waals surface area contributed by atoms with Gasteiger partial charge in [0.15, 0.2) is 14.6 Å². The Morgan fingerprint density at radius 3 is 2.43 bits per heavy atom. The zero-order chi connectivity index (χ0) is 26.9. The maximum absolute atomic E-state index is 13.9. The van der Waals surface area contributed by atoms with Gasteiger partial charge in [-0.15, -0.1) is 0 Å². The summed E-state index contributed by atoms with van der Waals surface area (Å²) in [6, 6.07) is 12.7. The van der Waals surface area contributed by atoms with Crippen molar-refractivity contribution in [2.24, 2.45) is 5.92 Å². The number of amides is 1. The van der Waals surface area contributed by atoms with Crippen molar-refractivity contribution in [3.8, 4) is 11.5 Å². The number of sulfone groups is 1. The molecule has 1 heterocycles. The molecule has 9 nitrogen and oxygen atoms in total. The lowest BCUT2D eigenvalue weighted by Gasteiger charge is -2.29. The number of hydrogen-bond donors (Lipinski definition) is 3. The summed E-state index contributed by atoms with van der Waals surface area (Å²) >= 11 is 0. The fraction of sp³-hybridized carbons (Fsp3) is 0.444. The summed E-state index contributed by atoms with van der Waals surface area (Å²) in [5.74, 6) is 0.0361. The SMILES string of the molecule is COc1ccc(S(=O)(=O)C(C=CC(C)C)(Cc2ccc(OCCC3CNCCO3)cc2)C(=O)NO)cc1. The maximum Gasteiger partial charge on any atom is 0.269 e. The highest BCUT2D eigenvalue weighted by Crippen LogP contribution is 2.33. The second-order valence-corrected chi connectivity index (χ2v) is 11.5. The number of benzene rings is 2. The Morgan fingerprint density at radius 1 is 1.19 bits per heavy atom. The van der Waals surface area contributed by atoms with E-state index in [1.165, 1.54) is 37.5 Å². The van der Waals surface area contributed by atoms with E-state index < -0.39 is 20.5 Å². The van der Waals surface area contributed by atoms with Gasteiger partial charge in [-0.3, -0.25) is 10.0 Å². The number of methoxy groups -OCH3 is 1. The van der Waals surface area contributed by atoms with Gasteiger partial charge in [-0.05, 0) is 47.9 Å². The normalized spacial score (nSPS) is 17.9. The van der Waals surface area contributed by atoms with Gasteiger partial charge < -0.3 is 19.5 Å². The molecule has 1 aliphatic heterocycles.